The Morgan fingerprint density at radius 1 is 0.862 bits per heavy atom. The number of hydrogen-bond acceptors (Lipinski definition) is 4. The van der Waals surface area contributed by atoms with E-state index in [4.69, 9.17) is 9.47 Å². The highest BCUT2D eigenvalue weighted by atomic mass is 79.9. The fraction of sp³-hybridized carbons (Fsp3) is 0.300. The molecule has 0 aliphatic carbocycles. The van der Waals surface area contributed by atoms with Crippen molar-refractivity contribution in [1.82, 2.24) is 0 Å². The van der Waals surface area contributed by atoms with Crippen LogP contribution in [0.3, 0.4) is 0 Å². The molecule has 0 amide bonds. The minimum Gasteiger partial charge on any atom is -0.493 e. The number of halogens is 5. The summed E-state index contributed by atoms with van der Waals surface area (Å²) < 4.78 is 37.5. The molecule has 2 aromatic rings. The van der Waals surface area contributed by atoms with Crippen LogP contribution in [0.15, 0.2) is 33.2 Å². The van der Waals surface area contributed by atoms with E-state index in [0.29, 0.717) is 59.6 Å². The Hall–Kier alpha value is -1.32. The van der Waals surface area contributed by atoms with E-state index in [1.54, 1.807) is 0 Å². The van der Waals surface area contributed by atoms with Crippen LogP contribution in [0.2, 0.25) is 0 Å². The summed E-state index contributed by atoms with van der Waals surface area (Å²) in [6, 6.07) is 5.44. The summed E-state index contributed by atoms with van der Waals surface area (Å²) in [7, 11) is 0. The van der Waals surface area contributed by atoms with E-state index in [0.717, 1.165) is 0 Å². The average Bonchev–Trinajstić information content (AvgIpc) is 2.93. The lowest BCUT2D eigenvalue weighted by Gasteiger charge is -2.07. The van der Waals surface area contributed by atoms with Crippen molar-refractivity contribution < 1.29 is 27.8 Å². The van der Waals surface area contributed by atoms with Crippen LogP contribution < -0.4 is 9.47 Å². The molecule has 4 rings (SSSR count). The number of ketones is 2. The van der Waals surface area contributed by atoms with Crippen LogP contribution in [0, 0.1) is 11.6 Å². The number of Topliss-reactive ketones (excluding diaryl/α,β-unsaturated/α-hetero) is 2. The molecular formula is C20H15Br3F2O4. The zero-order valence-electron chi connectivity index (χ0n) is 14.9. The summed E-state index contributed by atoms with van der Waals surface area (Å²) in [6.07, 6.45) is 1.74. The smallest absolute Gasteiger partial charge is 0.180 e. The van der Waals surface area contributed by atoms with Gasteiger partial charge >= 0.3 is 0 Å². The molecule has 29 heavy (non-hydrogen) atoms. The number of ether oxygens (including phenoxy) is 2. The molecule has 1 unspecified atom stereocenters. The molecule has 0 fully saturated rings. The summed E-state index contributed by atoms with van der Waals surface area (Å²) in [4.78, 5) is 23.1. The normalized spacial score (nSPS) is 18.2. The number of carbonyl (C=O) groups is 2. The lowest BCUT2D eigenvalue weighted by Crippen LogP contribution is -2.13. The quantitative estimate of drug-likeness (QED) is 0.337. The molecule has 9 heteroatoms. The predicted molar refractivity (Wildman–Crippen MR) is 114 cm³/mol. The van der Waals surface area contributed by atoms with Gasteiger partial charge in [-0.05, 0) is 50.4 Å². The maximum atomic E-state index is 13.2. The number of hydrogen-bond donors (Lipinski definition) is 0. The van der Waals surface area contributed by atoms with E-state index in [1.807, 2.05) is 0 Å². The van der Waals surface area contributed by atoms with Gasteiger partial charge in [0.15, 0.2) is 11.6 Å². The summed E-state index contributed by atoms with van der Waals surface area (Å²) in [6.45, 7) is 0.884. The van der Waals surface area contributed by atoms with Gasteiger partial charge in [0.1, 0.15) is 23.1 Å². The third-order valence-electron chi connectivity index (χ3n) is 4.33. The highest BCUT2D eigenvalue weighted by Crippen LogP contribution is 2.32. The van der Waals surface area contributed by atoms with Crippen LogP contribution >= 0.6 is 47.8 Å². The predicted octanol–water partition coefficient (Wildman–Crippen LogP) is 6.26. The van der Waals surface area contributed by atoms with Crippen LogP contribution in [-0.4, -0.2) is 29.6 Å². The number of rotatable bonds is 0. The fourth-order valence-electron chi connectivity index (χ4n) is 2.83. The van der Waals surface area contributed by atoms with Gasteiger partial charge in [-0.2, -0.15) is 0 Å². The van der Waals surface area contributed by atoms with E-state index < -0.39 is 11.6 Å². The molecule has 2 aliphatic rings. The maximum Gasteiger partial charge on any atom is 0.180 e. The molecule has 0 radical (unpaired) electrons. The third-order valence-corrected chi connectivity index (χ3v) is 6.42. The SMILES string of the molecule is O=C1CCCOc2cc(F)c(Br)cc21.O=C1c2cc(Br)c(F)cc2OCCC1Br. The average molecular weight is 597 g/mol. The second-order valence-corrected chi connectivity index (χ2v) is 9.18. The van der Waals surface area contributed by atoms with E-state index >= 15 is 0 Å². The summed E-state index contributed by atoms with van der Waals surface area (Å²) >= 11 is 9.37. The first kappa shape index (κ1) is 22.4. The Labute approximate surface area is 191 Å². The van der Waals surface area contributed by atoms with Gasteiger partial charge in [0, 0.05) is 25.0 Å². The monoisotopic (exact) mass is 594 g/mol. The van der Waals surface area contributed by atoms with E-state index in [-0.39, 0.29) is 20.9 Å². The number of alkyl halides is 1. The zero-order chi connectivity index (χ0) is 21.1. The molecule has 0 saturated carbocycles. The number of carbonyl (C=O) groups excluding carboxylic acids is 2. The highest BCUT2D eigenvalue weighted by molar-refractivity contribution is 9.11. The van der Waals surface area contributed by atoms with Crippen LogP contribution in [0.5, 0.6) is 11.5 Å². The Morgan fingerprint density at radius 2 is 1.41 bits per heavy atom. The van der Waals surface area contributed by atoms with E-state index in [2.05, 4.69) is 47.8 Å². The van der Waals surface area contributed by atoms with Crippen LogP contribution in [0.25, 0.3) is 0 Å². The summed E-state index contributed by atoms with van der Waals surface area (Å²) in [5.74, 6) is -0.203. The molecule has 2 heterocycles. The van der Waals surface area contributed by atoms with Crippen molar-refractivity contribution in [2.45, 2.75) is 24.1 Å². The summed E-state index contributed by atoms with van der Waals surface area (Å²) in [5, 5.41) is 0. The second kappa shape index (κ2) is 9.66. The molecule has 0 aromatic heterocycles. The lowest BCUT2D eigenvalue weighted by atomic mass is 10.1. The largest absolute Gasteiger partial charge is 0.493 e. The Kier molecular flexibility index (Phi) is 7.45. The maximum absolute atomic E-state index is 13.2. The van der Waals surface area contributed by atoms with Gasteiger partial charge < -0.3 is 9.47 Å². The first-order valence-corrected chi connectivity index (χ1v) is 11.2. The summed E-state index contributed by atoms with van der Waals surface area (Å²) in [5.41, 5.74) is 0.887. The second-order valence-electron chi connectivity index (χ2n) is 6.37. The standard InChI is InChI=1S/C10H7Br2FO2.C10H8BrFO2/c11-6-1-2-15-9-4-8(13)7(12)3-5(9)10(6)14;11-7-4-6-9(13)2-1-3-14-10(6)5-8(7)12/h3-4,6H,1-2H2;4-5H,1-3H2. The molecular weight excluding hydrogens is 582 g/mol. The first-order valence-electron chi connectivity index (χ1n) is 8.73. The molecule has 2 aromatic carbocycles. The molecule has 0 spiro atoms. The molecule has 2 aliphatic heterocycles. The third kappa shape index (κ3) is 5.24. The van der Waals surface area contributed by atoms with Gasteiger partial charge in [0.25, 0.3) is 0 Å². The van der Waals surface area contributed by atoms with Crippen molar-refractivity contribution in [3.8, 4) is 11.5 Å². The molecule has 0 saturated heterocycles. The number of benzene rings is 2. The van der Waals surface area contributed by atoms with Crippen LogP contribution in [0.1, 0.15) is 40.0 Å². The van der Waals surface area contributed by atoms with Gasteiger partial charge in [0.2, 0.25) is 0 Å². The van der Waals surface area contributed by atoms with Crippen molar-refractivity contribution in [3.63, 3.8) is 0 Å². The number of fused-ring (bicyclic) bond motifs is 2. The van der Waals surface area contributed by atoms with Crippen molar-refractivity contribution >= 4 is 59.4 Å². The minimum absolute atomic E-state index is 0.0122. The van der Waals surface area contributed by atoms with E-state index in [1.165, 1.54) is 24.3 Å². The molecule has 154 valence electrons. The van der Waals surface area contributed by atoms with Crippen molar-refractivity contribution in [1.29, 1.82) is 0 Å². The van der Waals surface area contributed by atoms with Crippen molar-refractivity contribution in [3.05, 3.63) is 56.0 Å². The Balaban J connectivity index is 0.000000166. The van der Waals surface area contributed by atoms with Gasteiger partial charge in [-0.15, -0.1) is 0 Å². The van der Waals surface area contributed by atoms with Crippen LogP contribution in [0.4, 0.5) is 8.78 Å². The van der Waals surface area contributed by atoms with E-state index in [9.17, 15) is 18.4 Å². The fourth-order valence-corrected chi connectivity index (χ4v) is 3.95. The van der Waals surface area contributed by atoms with Crippen molar-refractivity contribution in [2.75, 3.05) is 13.2 Å². The first-order chi connectivity index (χ1) is 13.8. The minimum atomic E-state index is -0.422. The molecule has 1 atom stereocenters. The van der Waals surface area contributed by atoms with Crippen molar-refractivity contribution in [2.24, 2.45) is 0 Å². The van der Waals surface area contributed by atoms with Gasteiger partial charge in [-0.25, -0.2) is 8.78 Å². The highest BCUT2D eigenvalue weighted by Gasteiger charge is 2.25. The molecule has 4 nitrogen and oxygen atoms in total. The van der Waals surface area contributed by atoms with Gasteiger partial charge in [-0.3, -0.25) is 9.59 Å². The van der Waals surface area contributed by atoms with Gasteiger partial charge in [-0.1, -0.05) is 15.9 Å². The zero-order valence-corrected chi connectivity index (χ0v) is 19.7. The molecule has 0 N–H and O–H groups in total. The Bertz CT molecular complexity index is 965. The Morgan fingerprint density at radius 3 is 2.07 bits per heavy atom. The molecule has 0 bridgehead atoms. The lowest BCUT2D eigenvalue weighted by molar-refractivity contribution is 0.0978. The topological polar surface area (TPSA) is 52.6 Å². The van der Waals surface area contributed by atoms with Crippen LogP contribution in [-0.2, 0) is 0 Å². The van der Waals surface area contributed by atoms with Gasteiger partial charge in [0.05, 0.1) is 38.1 Å².